The van der Waals surface area contributed by atoms with Gasteiger partial charge >= 0.3 is 0 Å². The molecule has 2 rings (SSSR count). The molecule has 1 aromatic carbocycles. The largest absolute Gasteiger partial charge is 0.252 e. The first-order valence-corrected chi connectivity index (χ1v) is 10.3. The van der Waals surface area contributed by atoms with E-state index in [4.69, 9.17) is 23.2 Å². The van der Waals surface area contributed by atoms with Crippen molar-refractivity contribution in [2.75, 3.05) is 17.1 Å². The first-order valence-electron chi connectivity index (χ1n) is 6.38. The Labute approximate surface area is 143 Å². The van der Waals surface area contributed by atoms with Gasteiger partial charge in [-0.05, 0) is 17.7 Å². The van der Waals surface area contributed by atoms with Crippen LogP contribution >= 0.6 is 35.0 Å². The lowest BCUT2D eigenvalue weighted by atomic mass is 10.0. The molecule has 0 aliphatic carbocycles. The van der Waals surface area contributed by atoms with Crippen LogP contribution < -0.4 is 0 Å². The summed E-state index contributed by atoms with van der Waals surface area (Å²) in [7, 11) is -3.01. The van der Waals surface area contributed by atoms with Crippen LogP contribution in [0.2, 0.25) is 10.0 Å². The third kappa shape index (κ3) is 5.46. The average Bonchev–Trinajstić information content (AvgIpc) is 2.89. The van der Waals surface area contributed by atoms with Crippen LogP contribution in [0.15, 0.2) is 30.9 Å². The molecule has 0 spiro atoms. The van der Waals surface area contributed by atoms with E-state index in [-0.39, 0.29) is 11.0 Å². The quantitative estimate of drug-likeness (QED) is 0.739. The summed E-state index contributed by atoms with van der Waals surface area (Å²) < 4.78 is 24.3. The molecule has 1 heterocycles. The molecule has 1 unspecified atom stereocenters. The molecule has 0 amide bonds. The van der Waals surface area contributed by atoms with Gasteiger partial charge in [0, 0.05) is 28.0 Å². The predicted octanol–water partition coefficient (Wildman–Crippen LogP) is 3.10. The van der Waals surface area contributed by atoms with Gasteiger partial charge in [-0.15, -0.1) is 11.8 Å². The number of sulfone groups is 1. The lowest BCUT2D eigenvalue weighted by Gasteiger charge is -2.18. The molecule has 0 fully saturated rings. The molecule has 0 saturated carbocycles. The molecule has 0 radical (unpaired) electrons. The Morgan fingerprint density at radius 2 is 2.14 bits per heavy atom. The molecule has 0 aliphatic heterocycles. The Morgan fingerprint density at radius 1 is 1.36 bits per heavy atom. The second-order valence-electron chi connectivity index (χ2n) is 4.89. The van der Waals surface area contributed by atoms with Gasteiger partial charge in [-0.3, -0.25) is 4.68 Å². The molecule has 0 N–H and O–H groups in total. The van der Waals surface area contributed by atoms with E-state index in [9.17, 15) is 8.42 Å². The number of halogens is 2. The SMILES string of the molecule is CS(=O)(=O)CSCC(Cn1cncn1)c1ccc(Cl)cc1Cl. The fourth-order valence-corrected chi connectivity index (χ4v) is 4.70. The van der Waals surface area contributed by atoms with Gasteiger partial charge in [0.05, 0.1) is 11.6 Å². The maximum Gasteiger partial charge on any atom is 0.156 e. The molecule has 0 bridgehead atoms. The Balaban J connectivity index is 2.16. The highest BCUT2D eigenvalue weighted by atomic mass is 35.5. The maximum absolute atomic E-state index is 11.3. The highest BCUT2D eigenvalue weighted by Gasteiger charge is 2.17. The van der Waals surface area contributed by atoms with E-state index in [1.165, 1.54) is 24.3 Å². The molecule has 1 atom stereocenters. The van der Waals surface area contributed by atoms with Crippen molar-refractivity contribution in [1.29, 1.82) is 0 Å². The van der Waals surface area contributed by atoms with E-state index in [0.717, 1.165) is 5.56 Å². The number of aromatic nitrogens is 3. The maximum atomic E-state index is 11.3. The molecular formula is C13H15Cl2N3O2S2. The third-order valence-electron chi connectivity index (χ3n) is 2.89. The van der Waals surface area contributed by atoms with E-state index in [0.29, 0.717) is 22.3 Å². The second-order valence-corrected chi connectivity index (χ2v) is 9.27. The van der Waals surface area contributed by atoms with E-state index < -0.39 is 9.84 Å². The molecule has 0 aliphatic rings. The molecule has 120 valence electrons. The van der Waals surface area contributed by atoms with Gasteiger partial charge in [-0.25, -0.2) is 13.4 Å². The standard InChI is InChI=1S/C13H15Cl2N3O2S2/c1-22(19,20)9-21-6-10(5-18-8-16-7-17-18)12-3-2-11(14)4-13(12)15/h2-4,7-8,10H,5-6,9H2,1H3. The van der Waals surface area contributed by atoms with Gasteiger partial charge in [0.25, 0.3) is 0 Å². The normalized spacial score (nSPS) is 13.2. The number of thioether (sulfide) groups is 1. The summed E-state index contributed by atoms with van der Waals surface area (Å²) in [4.78, 5) is 3.92. The lowest BCUT2D eigenvalue weighted by Crippen LogP contribution is -2.14. The molecule has 2 aromatic rings. The van der Waals surface area contributed by atoms with Crippen molar-refractivity contribution < 1.29 is 8.42 Å². The summed E-state index contributed by atoms with van der Waals surface area (Å²) in [5.74, 6) is 0.618. The van der Waals surface area contributed by atoms with Crippen LogP contribution in [0.25, 0.3) is 0 Å². The summed E-state index contributed by atoms with van der Waals surface area (Å²) in [6, 6.07) is 5.33. The second kappa shape index (κ2) is 7.68. The highest BCUT2D eigenvalue weighted by molar-refractivity contribution is 8.12. The molecule has 1 aromatic heterocycles. The van der Waals surface area contributed by atoms with Crippen LogP contribution in [0.5, 0.6) is 0 Å². The Morgan fingerprint density at radius 3 is 2.73 bits per heavy atom. The van der Waals surface area contributed by atoms with Crippen LogP contribution in [0.3, 0.4) is 0 Å². The number of nitrogens with zero attached hydrogens (tertiary/aromatic N) is 3. The topological polar surface area (TPSA) is 64.8 Å². The van der Waals surface area contributed by atoms with Crippen molar-refractivity contribution in [3.63, 3.8) is 0 Å². The van der Waals surface area contributed by atoms with Crippen LogP contribution in [0.4, 0.5) is 0 Å². The fourth-order valence-electron chi connectivity index (χ4n) is 1.97. The van der Waals surface area contributed by atoms with Gasteiger partial charge < -0.3 is 0 Å². The van der Waals surface area contributed by atoms with Crippen molar-refractivity contribution in [3.8, 4) is 0 Å². The van der Waals surface area contributed by atoms with Crippen LogP contribution in [0.1, 0.15) is 11.5 Å². The van der Waals surface area contributed by atoms with Gasteiger partial charge in [0.15, 0.2) is 9.84 Å². The minimum Gasteiger partial charge on any atom is -0.252 e. The van der Waals surface area contributed by atoms with Crippen molar-refractivity contribution >= 4 is 44.8 Å². The zero-order valence-corrected chi connectivity index (χ0v) is 15.0. The van der Waals surface area contributed by atoms with Crippen molar-refractivity contribution in [1.82, 2.24) is 14.8 Å². The van der Waals surface area contributed by atoms with Crippen molar-refractivity contribution in [2.24, 2.45) is 0 Å². The first-order chi connectivity index (χ1) is 10.3. The molecule has 0 saturated heterocycles. The summed E-state index contributed by atoms with van der Waals surface area (Å²) in [6.07, 6.45) is 4.31. The minimum absolute atomic E-state index is 0.0122. The summed E-state index contributed by atoms with van der Waals surface area (Å²) in [5.41, 5.74) is 0.919. The number of rotatable bonds is 7. The van der Waals surface area contributed by atoms with Crippen LogP contribution in [-0.2, 0) is 16.4 Å². The van der Waals surface area contributed by atoms with Crippen LogP contribution in [-0.4, -0.2) is 40.3 Å². The van der Waals surface area contributed by atoms with E-state index in [2.05, 4.69) is 10.1 Å². The van der Waals surface area contributed by atoms with E-state index >= 15 is 0 Å². The monoisotopic (exact) mass is 379 g/mol. The number of hydrogen-bond acceptors (Lipinski definition) is 5. The van der Waals surface area contributed by atoms with E-state index in [1.807, 2.05) is 6.07 Å². The average molecular weight is 380 g/mol. The fraction of sp³-hybridized carbons (Fsp3) is 0.385. The number of hydrogen-bond donors (Lipinski definition) is 0. The Bertz CT molecular complexity index is 721. The smallest absolute Gasteiger partial charge is 0.156 e. The first kappa shape index (κ1) is 17.6. The van der Waals surface area contributed by atoms with E-state index in [1.54, 1.807) is 23.1 Å². The Hall–Kier alpha value is -0.760. The molecule has 5 nitrogen and oxygen atoms in total. The zero-order valence-electron chi connectivity index (χ0n) is 11.8. The highest BCUT2D eigenvalue weighted by Crippen LogP contribution is 2.31. The number of benzene rings is 1. The Kier molecular flexibility index (Phi) is 6.14. The minimum atomic E-state index is -3.01. The molecule has 9 heteroatoms. The van der Waals surface area contributed by atoms with Crippen LogP contribution in [0, 0.1) is 0 Å². The van der Waals surface area contributed by atoms with Crippen molar-refractivity contribution in [2.45, 2.75) is 12.5 Å². The third-order valence-corrected chi connectivity index (χ3v) is 6.47. The lowest BCUT2D eigenvalue weighted by molar-refractivity contribution is 0.547. The van der Waals surface area contributed by atoms with Gasteiger partial charge in [-0.2, -0.15) is 5.10 Å². The van der Waals surface area contributed by atoms with Gasteiger partial charge in [-0.1, -0.05) is 29.3 Å². The molecular weight excluding hydrogens is 365 g/mol. The van der Waals surface area contributed by atoms with Gasteiger partial charge in [0.1, 0.15) is 12.7 Å². The molecule has 22 heavy (non-hydrogen) atoms. The summed E-state index contributed by atoms with van der Waals surface area (Å²) in [5, 5.41) is 5.30. The summed E-state index contributed by atoms with van der Waals surface area (Å²) >= 11 is 13.6. The predicted molar refractivity (Wildman–Crippen MR) is 91.4 cm³/mol. The zero-order chi connectivity index (χ0) is 16.2. The summed E-state index contributed by atoms with van der Waals surface area (Å²) in [6.45, 7) is 0.568. The van der Waals surface area contributed by atoms with Crippen molar-refractivity contribution in [3.05, 3.63) is 46.5 Å². The van der Waals surface area contributed by atoms with Gasteiger partial charge in [0.2, 0.25) is 0 Å².